The predicted octanol–water partition coefficient (Wildman–Crippen LogP) is 4.95. The van der Waals surface area contributed by atoms with Crippen molar-refractivity contribution in [1.29, 1.82) is 0 Å². The van der Waals surface area contributed by atoms with Crippen molar-refractivity contribution in [2.75, 3.05) is 18.5 Å². The lowest BCUT2D eigenvalue weighted by molar-refractivity contribution is 0.330. The average molecular weight is 291 g/mol. The van der Waals surface area contributed by atoms with E-state index in [0.29, 0.717) is 6.61 Å². The van der Waals surface area contributed by atoms with Gasteiger partial charge in [0.1, 0.15) is 12.4 Å². The van der Waals surface area contributed by atoms with Crippen LogP contribution in [0.4, 0.5) is 5.69 Å². The Hall–Kier alpha value is -2.48. The number of fused-ring (bicyclic) bond motifs is 1. The van der Waals surface area contributed by atoms with Gasteiger partial charge < -0.3 is 10.1 Å². The van der Waals surface area contributed by atoms with E-state index >= 15 is 0 Å². The standard InChI is InChI=1S/C20H21NO/c1-15-10-11-16(2)20(14-15)22-13-12-21-19-9-5-7-17-6-3-4-8-18(17)19/h3-11,14,21H,12-13H2,1-2H3. The largest absolute Gasteiger partial charge is 0.491 e. The average Bonchev–Trinajstić information content (AvgIpc) is 2.54. The second-order valence-electron chi connectivity index (χ2n) is 5.57. The maximum atomic E-state index is 5.89. The van der Waals surface area contributed by atoms with Crippen molar-refractivity contribution in [2.24, 2.45) is 0 Å². The molecule has 3 aromatic carbocycles. The summed E-state index contributed by atoms with van der Waals surface area (Å²) in [7, 11) is 0. The quantitative estimate of drug-likeness (QED) is 0.672. The van der Waals surface area contributed by atoms with Gasteiger partial charge in [-0.15, -0.1) is 0 Å². The molecule has 0 atom stereocenters. The van der Waals surface area contributed by atoms with E-state index in [-0.39, 0.29) is 0 Å². The van der Waals surface area contributed by atoms with E-state index < -0.39 is 0 Å². The zero-order valence-corrected chi connectivity index (χ0v) is 13.1. The minimum atomic E-state index is 0.646. The second kappa shape index (κ2) is 6.52. The highest BCUT2D eigenvalue weighted by Gasteiger charge is 2.01. The summed E-state index contributed by atoms with van der Waals surface area (Å²) in [6.45, 7) is 5.59. The van der Waals surface area contributed by atoms with E-state index in [1.165, 1.54) is 21.9 Å². The predicted molar refractivity (Wildman–Crippen MR) is 93.8 cm³/mol. The third-order valence-electron chi connectivity index (χ3n) is 3.81. The topological polar surface area (TPSA) is 21.3 Å². The number of ether oxygens (including phenoxy) is 1. The molecule has 0 aromatic heterocycles. The minimum Gasteiger partial charge on any atom is -0.491 e. The van der Waals surface area contributed by atoms with Crippen LogP contribution in [0.2, 0.25) is 0 Å². The fraction of sp³-hybridized carbons (Fsp3) is 0.200. The summed E-state index contributed by atoms with van der Waals surface area (Å²) < 4.78 is 5.89. The van der Waals surface area contributed by atoms with Crippen LogP contribution in [0.1, 0.15) is 11.1 Å². The molecule has 0 radical (unpaired) electrons. The van der Waals surface area contributed by atoms with Crippen molar-refractivity contribution < 1.29 is 4.74 Å². The van der Waals surface area contributed by atoms with Gasteiger partial charge in [0.25, 0.3) is 0 Å². The van der Waals surface area contributed by atoms with Crippen LogP contribution < -0.4 is 10.1 Å². The summed E-state index contributed by atoms with van der Waals surface area (Å²) in [6.07, 6.45) is 0. The molecule has 22 heavy (non-hydrogen) atoms. The van der Waals surface area contributed by atoms with Gasteiger partial charge in [0.2, 0.25) is 0 Å². The van der Waals surface area contributed by atoms with Crippen LogP contribution in [0.25, 0.3) is 10.8 Å². The van der Waals surface area contributed by atoms with Gasteiger partial charge in [-0.25, -0.2) is 0 Å². The van der Waals surface area contributed by atoms with Crippen molar-refractivity contribution in [2.45, 2.75) is 13.8 Å². The van der Waals surface area contributed by atoms with Crippen molar-refractivity contribution in [3.05, 3.63) is 71.8 Å². The number of aryl methyl sites for hydroxylation is 2. The number of nitrogens with one attached hydrogen (secondary N) is 1. The molecule has 2 nitrogen and oxygen atoms in total. The van der Waals surface area contributed by atoms with Gasteiger partial charge in [-0.2, -0.15) is 0 Å². The van der Waals surface area contributed by atoms with Crippen LogP contribution in [0, 0.1) is 13.8 Å². The van der Waals surface area contributed by atoms with Gasteiger partial charge in [0.15, 0.2) is 0 Å². The SMILES string of the molecule is Cc1ccc(C)c(OCCNc2cccc3ccccc23)c1. The molecule has 0 heterocycles. The molecule has 112 valence electrons. The van der Waals surface area contributed by atoms with Crippen LogP contribution in [-0.2, 0) is 0 Å². The lowest BCUT2D eigenvalue weighted by Gasteiger charge is -2.12. The molecule has 3 rings (SSSR count). The number of rotatable bonds is 5. The Bertz CT molecular complexity index is 774. The zero-order chi connectivity index (χ0) is 15.4. The summed E-state index contributed by atoms with van der Waals surface area (Å²) in [5, 5.41) is 5.97. The van der Waals surface area contributed by atoms with E-state index in [9.17, 15) is 0 Å². The molecule has 0 amide bonds. The van der Waals surface area contributed by atoms with E-state index in [2.05, 4.69) is 79.8 Å². The van der Waals surface area contributed by atoms with E-state index in [1.54, 1.807) is 0 Å². The van der Waals surface area contributed by atoms with Gasteiger partial charge in [0, 0.05) is 17.6 Å². The number of benzene rings is 3. The van der Waals surface area contributed by atoms with Crippen molar-refractivity contribution in [1.82, 2.24) is 0 Å². The summed E-state index contributed by atoms with van der Waals surface area (Å²) in [5.41, 5.74) is 3.56. The Morgan fingerprint density at radius 3 is 2.64 bits per heavy atom. The van der Waals surface area contributed by atoms with Crippen molar-refractivity contribution in [3.8, 4) is 5.75 Å². The Kier molecular flexibility index (Phi) is 4.29. The number of hydrogen-bond donors (Lipinski definition) is 1. The molecule has 0 saturated heterocycles. The first-order chi connectivity index (χ1) is 10.7. The first-order valence-corrected chi connectivity index (χ1v) is 7.66. The Balaban J connectivity index is 1.62. The molecule has 1 N–H and O–H groups in total. The van der Waals surface area contributed by atoms with E-state index in [4.69, 9.17) is 4.74 Å². The fourth-order valence-electron chi connectivity index (χ4n) is 2.59. The molecular weight excluding hydrogens is 270 g/mol. The molecule has 0 aliphatic rings. The van der Waals surface area contributed by atoms with Gasteiger partial charge in [-0.1, -0.05) is 48.5 Å². The van der Waals surface area contributed by atoms with Crippen LogP contribution in [-0.4, -0.2) is 13.2 Å². The first kappa shape index (κ1) is 14.5. The zero-order valence-electron chi connectivity index (χ0n) is 13.1. The lowest BCUT2D eigenvalue weighted by Crippen LogP contribution is -2.12. The third-order valence-corrected chi connectivity index (χ3v) is 3.81. The smallest absolute Gasteiger partial charge is 0.122 e. The summed E-state index contributed by atoms with van der Waals surface area (Å²) in [5.74, 6) is 0.972. The third kappa shape index (κ3) is 3.22. The summed E-state index contributed by atoms with van der Waals surface area (Å²) in [4.78, 5) is 0. The number of hydrogen-bond acceptors (Lipinski definition) is 2. The molecule has 0 spiro atoms. The van der Waals surface area contributed by atoms with Gasteiger partial charge >= 0.3 is 0 Å². The molecule has 0 saturated carbocycles. The summed E-state index contributed by atoms with van der Waals surface area (Å²) in [6, 6.07) is 21.0. The van der Waals surface area contributed by atoms with Crippen LogP contribution in [0.5, 0.6) is 5.75 Å². The van der Waals surface area contributed by atoms with Crippen LogP contribution in [0.3, 0.4) is 0 Å². The van der Waals surface area contributed by atoms with E-state index in [0.717, 1.165) is 18.0 Å². The Labute approximate surface area is 131 Å². The normalized spacial score (nSPS) is 10.6. The first-order valence-electron chi connectivity index (χ1n) is 7.66. The molecule has 0 fully saturated rings. The maximum absolute atomic E-state index is 5.89. The molecule has 0 aliphatic heterocycles. The fourth-order valence-corrected chi connectivity index (χ4v) is 2.59. The van der Waals surface area contributed by atoms with Crippen molar-refractivity contribution >= 4 is 16.5 Å². The molecule has 0 unspecified atom stereocenters. The van der Waals surface area contributed by atoms with Crippen molar-refractivity contribution in [3.63, 3.8) is 0 Å². The van der Waals surface area contributed by atoms with Gasteiger partial charge in [-0.05, 0) is 42.5 Å². The number of anilines is 1. The highest BCUT2D eigenvalue weighted by Crippen LogP contribution is 2.23. The molecule has 0 bridgehead atoms. The Morgan fingerprint density at radius 1 is 0.909 bits per heavy atom. The van der Waals surface area contributed by atoms with E-state index in [1.807, 2.05) is 0 Å². The highest BCUT2D eigenvalue weighted by molar-refractivity contribution is 5.93. The van der Waals surface area contributed by atoms with Crippen LogP contribution >= 0.6 is 0 Å². The molecule has 0 aliphatic carbocycles. The maximum Gasteiger partial charge on any atom is 0.122 e. The monoisotopic (exact) mass is 291 g/mol. The highest BCUT2D eigenvalue weighted by atomic mass is 16.5. The summed E-state index contributed by atoms with van der Waals surface area (Å²) >= 11 is 0. The second-order valence-corrected chi connectivity index (χ2v) is 5.57. The van der Waals surface area contributed by atoms with Gasteiger partial charge in [0.05, 0.1) is 0 Å². The molecule has 3 aromatic rings. The molecular formula is C20H21NO. The van der Waals surface area contributed by atoms with Crippen LogP contribution in [0.15, 0.2) is 60.7 Å². The Morgan fingerprint density at radius 2 is 1.73 bits per heavy atom. The van der Waals surface area contributed by atoms with Gasteiger partial charge in [-0.3, -0.25) is 0 Å². The molecule has 2 heteroatoms. The lowest BCUT2D eigenvalue weighted by atomic mass is 10.1. The minimum absolute atomic E-state index is 0.646.